The maximum Gasteiger partial charge on any atom is 0.188 e. The number of rotatable bonds is 2. The van der Waals surface area contributed by atoms with Gasteiger partial charge in [-0.05, 0) is 42.7 Å². The smallest absolute Gasteiger partial charge is 0.188 e. The molecule has 3 aliphatic heterocycles. The quantitative estimate of drug-likeness (QED) is 0.873. The van der Waals surface area contributed by atoms with E-state index in [2.05, 4.69) is 77.2 Å². The number of hydrazone groups is 1. The molecule has 0 amide bonds. The van der Waals surface area contributed by atoms with Gasteiger partial charge in [-0.1, -0.05) is 36.9 Å². The fourth-order valence-corrected chi connectivity index (χ4v) is 4.18. The van der Waals surface area contributed by atoms with Crippen molar-refractivity contribution in [2.45, 2.75) is 45.4 Å². The average Bonchev–Trinajstić information content (AvgIpc) is 3.14. The van der Waals surface area contributed by atoms with Crippen molar-refractivity contribution < 1.29 is 0 Å². The fraction of sp³-hybridized carbons (Fsp3) is 0.471. The Kier molecular flexibility index (Phi) is 3.73. The Morgan fingerprint density at radius 1 is 1.26 bits per heavy atom. The van der Waals surface area contributed by atoms with Crippen LogP contribution in [0.4, 0.5) is 0 Å². The third kappa shape index (κ3) is 2.50. The number of hydrazine groups is 1. The minimum absolute atomic E-state index is 0.220. The molecule has 3 unspecified atom stereocenters. The lowest BCUT2D eigenvalue weighted by molar-refractivity contribution is 0.152. The Hall–Kier alpha value is -1.66. The Balaban J connectivity index is 1.53. The number of hydrogen-bond acceptors (Lipinski definition) is 6. The van der Waals surface area contributed by atoms with E-state index >= 15 is 0 Å². The number of nitrogens with zero attached hydrogens (tertiary/aromatic N) is 3. The van der Waals surface area contributed by atoms with Crippen LogP contribution in [0.25, 0.3) is 0 Å². The fourth-order valence-electron chi connectivity index (χ4n) is 3.48. The second kappa shape index (κ2) is 5.76. The molecule has 3 heterocycles. The molecule has 0 aliphatic carbocycles. The summed E-state index contributed by atoms with van der Waals surface area (Å²) < 4.78 is 0. The molecule has 1 aromatic carbocycles. The van der Waals surface area contributed by atoms with E-state index < -0.39 is 0 Å². The van der Waals surface area contributed by atoms with Crippen LogP contribution >= 0.6 is 11.8 Å². The minimum Gasteiger partial charge on any atom is -0.306 e. The molecule has 1 saturated heterocycles. The molecule has 0 aromatic heterocycles. The van der Waals surface area contributed by atoms with Crippen molar-refractivity contribution in [3.8, 4) is 0 Å². The molecule has 122 valence electrons. The maximum atomic E-state index is 4.50. The Morgan fingerprint density at radius 2 is 2.13 bits per heavy atom. The number of amidine groups is 1. The largest absolute Gasteiger partial charge is 0.306 e. The van der Waals surface area contributed by atoms with Gasteiger partial charge in [-0.15, -0.1) is 0 Å². The van der Waals surface area contributed by atoms with Crippen molar-refractivity contribution in [2.75, 3.05) is 5.75 Å². The van der Waals surface area contributed by atoms with Crippen LogP contribution in [0.15, 0.2) is 35.7 Å². The summed E-state index contributed by atoms with van der Waals surface area (Å²) in [7, 11) is 0. The molecule has 1 aromatic rings. The summed E-state index contributed by atoms with van der Waals surface area (Å²) in [5.74, 6) is 1.04. The standard InChI is InChI=1S/C17H23N5S/c1-4-23-17-19-18-16-15-10-14(20-22(15)8-7-21(16)17)13-6-5-11(2)12(3)9-13/h5-9,14-16,18,20H,4,10H2,1-3H3. The van der Waals surface area contributed by atoms with E-state index in [0.717, 1.165) is 17.3 Å². The Morgan fingerprint density at radius 3 is 2.91 bits per heavy atom. The highest BCUT2D eigenvalue weighted by atomic mass is 32.2. The lowest BCUT2D eigenvalue weighted by atomic mass is 9.97. The highest BCUT2D eigenvalue weighted by Crippen LogP contribution is 2.35. The number of nitrogens with one attached hydrogen (secondary N) is 2. The van der Waals surface area contributed by atoms with Gasteiger partial charge in [0.1, 0.15) is 6.17 Å². The van der Waals surface area contributed by atoms with Crippen LogP contribution in [0.1, 0.15) is 36.1 Å². The van der Waals surface area contributed by atoms with E-state index in [4.69, 9.17) is 0 Å². The van der Waals surface area contributed by atoms with E-state index in [1.807, 2.05) is 0 Å². The van der Waals surface area contributed by atoms with Crippen LogP contribution in [-0.2, 0) is 0 Å². The third-order valence-electron chi connectivity index (χ3n) is 4.91. The summed E-state index contributed by atoms with van der Waals surface area (Å²) in [6.45, 7) is 6.51. The maximum absolute atomic E-state index is 4.50. The molecule has 3 aliphatic rings. The predicted octanol–water partition coefficient (Wildman–Crippen LogP) is 2.66. The lowest BCUT2D eigenvalue weighted by Gasteiger charge is -2.36. The van der Waals surface area contributed by atoms with Gasteiger partial charge in [0.2, 0.25) is 0 Å². The third-order valence-corrected chi connectivity index (χ3v) is 5.76. The SMILES string of the molecule is CCSC1=NNC2C3CC(c4ccc(C)c(C)c4)NN3C=CN12. The van der Waals surface area contributed by atoms with Crippen molar-refractivity contribution in [3.05, 3.63) is 47.3 Å². The summed E-state index contributed by atoms with van der Waals surface area (Å²) in [6.07, 6.45) is 5.55. The molecule has 5 nitrogen and oxygen atoms in total. The zero-order valence-electron chi connectivity index (χ0n) is 13.8. The zero-order valence-corrected chi connectivity index (χ0v) is 14.6. The van der Waals surface area contributed by atoms with Gasteiger partial charge in [-0.25, -0.2) is 5.43 Å². The number of thioether (sulfide) groups is 1. The van der Waals surface area contributed by atoms with E-state index in [1.165, 1.54) is 16.7 Å². The summed E-state index contributed by atoms with van der Waals surface area (Å²) in [4.78, 5) is 2.26. The second-order valence-corrected chi connectivity index (χ2v) is 7.57. The number of fused-ring (bicyclic) bond motifs is 3. The molecule has 1 fully saturated rings. The van der Waals surface area contributed by atoms with Crippen molar-refractivity contribution in [1.29, 1.82) is 0 Å². The molecule has 23 heavy (non-hydrogen) atoms. The van der Waals surface area contributed by atoms with Crippen molar-refractivity contribution >= 4 is 16.9 Å². The Bertz CT molecular complexity index is 671. The molecule has 0 spiro atoms. The number of aryl methyl sites for hydroxylation is 2. The van der Waals surface area contributed by atoms with Gasteiger partial charge >= 0.3 is 0 Å². The van der Waals surface area contributed by atoms with Crippen molar-refractivity contribution in [2.24, 2.45) is 5.10 Å². The second-order valence-electron chi connectivity index (χ2n) is 6.34. The number of hydrogen-bond donors (Lipinski definition) is 2. The van der Waals surface area contributed by atoms with Crippen LogP contribution < -0.4 is 10.9 Å². The molecular formula is C17H23N5S. The van der Waals surface area contributed by atoms with E-state index in [1.54, 1.807) is 11.8 Å². The Labute approximate surface area is 141 Å². The van der Waals surface area contributed by atoms with Gasteiger partial charge in [-0.3, -0.25) is 5.43 Å². The molecule has 3 atom stereocenters. The van der Waals surface area contributed by atoms with Crippen LogP contribution in [0, 0.1) is 13.8 Å². The molecule has 2 N–H and O–H groups in total. The molecule has 6 heteroatoms. The first-order valence-electron chi connectivity index (χ1n) is 8.21. The summed E-state index contributed by atoms with van der Waals surface area (Å²) in [5, 5.41) is 7.82. The van der Waals surface area contributed by atoms with Crippen LogP contribution in [0.3, 0.4) is 0 Å². The summed E-state index contributed by atoms with van der Waals surface area (Å²) in [5.41, 5.74) is 11.0. The molecular weight excluding hydrogens is 306 g/mol. The van der Waals surface area contributed by atoms with Gasteiger partial charge < -0.3 is 9.91 Å². The van der Waals surface area contributed by atoms with Gasteiger partial charge in [0, 0.05) is 12.4 Å². The van der Waals surface area contributed by atoms with E-state index in [9.17, 15) is 0 Å². The first-order valence-corrected chi connectivity index (χ1v) is 9.20. The minimum atomic E-state index is 0.220. The lowest BCUT2D eigenvalue weighted by Crippen LogP contribution is -2.54. The van der Waals surface area contributed by atoms with Gasteiger partial charge in [-0.2, -0.15) is 5.10 Å². The zero-order chi connectivity index (χ0) is 16.0. The highest BCUT2D eigenvalue weighted by molar-refractivity contribution is 8.13. The first kappa shape index (κ1) is 14.9. The summed E-state index contributed by atoms with van der Waals surface area (Å²) >= 11 is 1.78. The normalized spacial score (nSPS) is 28.5. The molecule has 4 rings (SSSR count). The van der Waals surface area contributed by atoms with Gasteiger partial charge in [0.15, 0.2) is 5.17 Å². The summed E-state index contributed by atoms with van der Waals surface area (Å²) in [6, 6.07) is 7.51. The monoisotopic (exact) mass is 329 g/mol. The predicted molar refractivity (Wildman–Crippen MR) is 95.5 cm³/mol. The van der Waals surface area contributed by atoms with Gasteiger partial charge in [0.05, 0.1) is 12.1 Å². The van der Waals surface area contributed by atoms with Crippen LogP contribution in [-0.4, -0.2) is 33.0 Å². The molecule has 0 saturated carbocycles. The van der Waals surface area contributed by atoms with Crippen molar-refractivity contribution in [1.82, 2.24) is 20.8 Å². The topological polar surface area (TPSA) is 42.9 Å². The average molecular weight is 329 g/mol. The van der Waals surface area contributed by atoms with Crippen LogP contribution in [0.5, 0.6) is 0 Å². The van der Waals surface area contributed by atoms with Crippen LogP contribution in [0.2, 0.25) is 0 Å². The van der Waals surface area contributed by atoms with E-state index in [-0.39, 0.29) is 6.17 Å². The van der Waals surface area contributed by atoms with E-state index in [0.29, 0.717) is 12.1 Å². The van der Waals surface area contributed by atoms with Gasteiger partial charge in [0.25, 0.3) is 0 Å². The molecule has 0 bridgehead atoms. The number of benzene rings is 1. The van der Waals surface area contributed by atoms with Crippen molar-refractivity contribution in [3.63, 3.8) is 0 Å². The highest BCUT2D eigenvalue weighted by Gasteiger charge is 2.44. The first-order chi connectivity index (χ1) is 11.2. The molecule has 0 radical (unpaired) electrons.